The molecular formula is C20H18N2O5. The zero-order valence-electron chi connectivity index (χ0n) is 14.9. The molecule has 0 unspecified atom stereocenters. The van der Waals surface area contributed by atoms with E-state index in [9.17, 15) is 9.59 Å². The van der Waals surface area contributed by atoms with E-state index in [1.54, 1.807) is 62.6 Å². The van der Waals surface area contributed by atoms with Crippen molar-refractivity contribution in [2.24, 2.45) is 0 Å². The molecule has 1 heterocycles. The van der Waals surface area contributed by atoms with Gasteiger partial charge in [-0.1, -0.05) is 17.3 Å². The Morgan fingerprint density at radius 2 is 1.81 bits per heavy atom. The van der Waals surface area contributed by atoms with Gasteiger partial charge in [0.1, 0.15) is 11.3 Å². The first-order valence-corrected chi connectivity index (χ1v) is 8.30. The van der Waals surface area contributed by atoms with Crippen molar-refractivity contribution in [3.05, 3.63) is 65.9 Å². The van der Waals surface area contributed by atoms with Crippen LogP contribution in [-0.2, 0) is 4.74 Å². The molecule has 1 N–H and O–H groups in total. The van der Waals surface area contributed by atoms with Crippen LogP contribution in [0.5, 0.6) is 5.75 Å². The Hall–Kier alpha value is -3.61. The molecule has 7 nitrogen and oxygen atoms in total. The Bertz CT molecular complexity index is 947. The maximum Gasteiger partial charge on any atom is 0.340 e. The fourth-order valence-electron chi connectivity index (χ4n) is 2.52. The summed E-state index contributed by atoms with van der Waals surface area (Å²) in [5.41, 5.74) is 1.55. The predicted molar refractivity (Wildman–Crippen MR) is 98.8 cm³/mol. The molecule has 27 heavy (non-hydrogen) atoms. The quantitative estimate of drug-likeness (QED) is 0.668. The number of amides is 1. The maximum absolute atomic E-state index is 12.7. The summed E-state index contributed by atoms with van der Waals surface area (Å²) in [5, 5.41) is 6.45. The molecule has 3 aromatic rings. The molecular weight excluding hydrogens is 348 g/mol. The van der Waals surface area contributed by atoms with Crippen LogP contribution in [0.2, 0.25) is 0 Å². The summed E-state index contributed by atoms with van der Waals surface area (Å²) in [6.45, 7) is 1.96. The number of nitrogens with one attached hydrogen (secondary N) is 1. The van der Waals surface area contributed by atoms with Gasteiger partial charge in [0, 0.05) is 5.56 Å². The Morgan fingerprint density at radius 1 is 1.07 bits per heavy atom. The number of carbonyl (C=O) groups excluding carboxylic acids is 2. The van der Waals surface area contributed by atoms with E-state index in [0.29, 0.717) is 22.8 Å². The zero-order valence-corrected chi connectivity index (χ0v) is 14.9. The smallest absolute Gasteiger partial charge is 0.340 e. The van der Waals surface area contributed by atoms with Crippen LogP contribution in [0.1, 0.15) is 27.6 Å². The Labute approximate surface area is 155 Å². The number of para-hydroxylation sites is 1. The Kier molecular flexibility index (Phi) is 5.51. The number of esters is 1. The highest BCUT2D eigenvalue weighted by molar-refractivity contribution is 6.10. The van der Waals surface area contributed by atoms with Gasteiger partial charge >= 0.3 is 5.97 Å². The first-order chi connectivity index (χ1) is 13.1. The van der Waals surface area contributed by atoms with E-state index in [2.05, 4.69) is 10.5 Å². The van der Waals surface area contributed by atoms with E-state index in [4.69, 9.17) is 14.0 Å². The largest absolute Gasteiger partial charge is 0.497 e. The van der Waals surface area contributed by atoms with Crippen LogP contribution in [0.15, 0.2) is 59.3 Å². The van der Waals surface area contributed by atoms with Gasteiger partial charge in [-0.15, -0.1) is 0 Å². The topological polar surface area (TPSA) is 90.7 Å². The molecule has 0 aliphatic heterocycles. The van der Waals surface area contributed by atoms with Crippen molar-refractivity contribution in [3.63, 3.8) is 0 Å². The van der Waals surface area contributed by atoms with Crippen molar-refractivity contribution < 1.29 is 23.6 Å². The van der Waals surface area contributed by atoms with Crippen LogP contribution >= 0.6 is 0 Å². The zero-order chi connectivity index (χ0) is 19.2. The number of anilines is 1. The summed E-state index contributed by atoms with van der Waals surface area (Å²) in [5.74, 6) is 0.0595. The van der Waals surface area contributed by atoms with Gasteiger partial charge in [0.25, 0.3) is 5.91 Å². The third kappa shape index (κ3) is 3.98. The lowest BCUT2D eigenvalue weighted by Gasteiger charge is -2.10. The number of benzene rings is 2. The number of rotatable bonds is 6. The van der Waals surface area contributed by atoms with E-state index in [1.165, 1.54) is 6.20 Å². The number of carbonyl (C=O) groups is 2. The van der Waals surface area contributed by atoms with Crippen molar-refractivity contribution in [2.75, 3.05) is 19.0 Å². The average molecular weight is 366 g/mol. The van der Waals surface area contributed by atoms with Gasteiger partial charge < -0.3 is 19.3 Å². The van der Waals surface area contributed by atoms with Gasteiger partial charge in [0.2, 0.25) is 0 Å². The number of hydrogen-bond acceptors (Lipinski definition) is 6. The minimum atomic E-state index is -0.505. The first kappa shape index (κ1) is 18.2. The molecule has 2 aromatic carbocycles. The molecule has 1 amide bonds. The van der Waals surface area contributed by atoms with E-state index in [0.717, 1.165) is 0 Å². The third-order valence-corrected chi connectivity index (χ3v) is 3.84. The summed E-state index contributed by atoms with van der Waals surface area (Å²) in [6, 6.07) is 13.7. The second kappa shape index (κ2) is 8.18. The van der Waals surface area contributed by atoms with Gasteiger partial charge in [-0.2, -0.15) is 0 Å². The first-order valence-electron chi connectivity index (χ1n) is 8.30. The molecule has 0 saturated carbocycles. The van der Waals surface area contributed by atoms with Crippen molar-refractivity contribution in [1.29, 1.82) is 0 Å². The van der Waals surface area contributed by atoms with Gasteiger partial charge in [-0.3, -0.25) is 4.79 Å². The second-order valence-electron chi connectivity index (χ2n) is 5.52. The van der Waals surface area contributed by atoms with E-state index in [1.807, 2.05) is 0 Å². The summed E-state index contributed by atoms with van der Waals surface area (Å²) in [7, 11) is 1.57. The number of nitrogens with zero attached hydrogens (tertiary/aromatic N) is 1. The number of ether oxygens (including phenoxy) is 2. The molecule has 0 aliphatic rings. The molecule has 0 saturated heterocycles. The molecule has 138 valence electrons. The van der Waals surface area contributed by atoms with Crippen LogP contribution < -0.4 is 10.1 Å². The minimum absolute atomic E-state index is 0.244. The summed E-state index contributed by atoms with van der Waals surface area (Å²) in [6.07, 6.45) is 1.34. The van der Waals surface area contributed by atoms with Crippen molar-refractivity contribution in [2.45, 2.75) is 6.92 Å². The molecule has 0 aliphatic carbocycles. The SMILES string of the molecule is CCOC(=O)c1ccccc1NC(=O)c1cnoc1-c1ccc(OC)cc1. The maximum atomic E-state index is 12.7. The fourth-order valence-corrected chi connectivity index (χ4v) is 2.52. The summed E-state index contributed by atoms with van der Waals surface area (Å²) < 4.78 is 15.4. The van der Waals surface area contributed by atoms with Crippen LogP contribution in [0.3, 0.4) is 0 Å². The Morgan fingerprint density at radius 3 is 2.52 bits per heavy atom. The van der Waals surface area contributed by atoms with Gasteiger partial charge in [-0.05, 0) is 43.3 Å². The monoisotopic (exact) mass is 366 g/mol. The summed E-state index contributed by atoms with van der Waals surface area (Å²) >= 11 is 0. The highest BCUT2D eigenvalue weighted by Gasteiger charge is 2.20. The predicted octanol–water partition coefficient (Wildman–Crippen LogP) is 3.78. The van der Waals surface area contributed by atoms with Crippen LogP contribution in [0.25, 0.3) is 11.3 Å². The molecule has 0 spiro atoms. The van der Waals surface area contributed by atoms with E-state index < -0.39 is 11.9 Å². The lowest BCUT2D eigenvalue weighted by Crippen LogP contribution is -2.16. The van der Waals surface area contributed by atoms with Crippen LogP contribution in [0.4, 0.5) is 5.69 Å². The summed E-state index contributed by atoms with van der Waals surface area (Å²) in [4.78, 5) is 24.8. The van der Waals surface area contributed by atoms with Gasteiger partial charge in [0.05, 0.1) is 31.2 Å². The number of hydrogen-bond donors (Lipinski definition) is 1. The standard InChI is InChI=1S/C20H18N2O5/c1-3-26-20(24)15-6-4-5-7-17(15)22-19(23)16-12-21-27-18(16)13-8-10-14(25-2)11-9-13/h4-12H,3H2,1-2H3,(H,22,23). The highest BCUT2D eigenvalue weighted by Crippen LogP contribution is 2.27. The van der Waals surface area contributed by atoms with E-state index >= 15 is 0 Å². The van der Waals surface area contributed by atoms with Crippen LogP contribution in [0, 0.1) is 0 Å². The lowest BCUT2D eigenvalue weighted by molar-refractivity contribution is 0.0527. The van der Waals surface area contributed by atoms with E-state index in [-0.39, 0.29) is 17.7 Å². The molecule has 0 fully saturated rings. The average Bonchev–Trinajstić information content (AvgIpc) is 3.18. The molecule has 0 bridgehead atoms. The molecule has 0 radical (unpaired) electrons. The van der Waals surface area contributed by atoms with Gasteiger partial charge in [0.15, 0.2) is 5.76 Å². The lowest BCUT2D eigenvalue weighted by atomic mass is 10.1. The molecule has 1 aromatic heterocycles. The minimum Gasteiger partial charge on any atom is -0.497 e. The molecule has 7 heteroatoms. The van der Waals surface area contributed by atoms with Crippen LogP contribution in [-0.4, -0.2) is 30.7 Å². The number of methoxy groups -OCH3 is 1. The van der Waals surface area contributed by atoms with Gasteiger partial charge in [-0.25, -0.2) is 4.79 Å². The number of aromatic nitrogens is 1. The third-order valence-electron chi connectivity index (χ3n) is 3.84. The van der Waals surface area contributed by atoms with Crippen molar-refractivity contribution in [1.82, 2.24) is 5.16 Å². The van der Waals surface area contributed by atoms with Crippen molar-refractivity contribution >= 4 is 17.6 Å². The van der Waals surface area contributed by atoms with Crippen molar-refractivity contribution in [3.8, 4) is 17.1 Å². The normalized spacial score (nSPS) is 10.3. The highest BCUT2D eigenvalue weighted by atomic mass is 16.5. The fraction of sp³-hybridized carbons (Fsp3) is 0.150. The molecule has 0 atom stereocenters. The Balaban J connectivity index is 1.86. The second-order valence-corrected chi connectivity index (χ2v) is 5.52. The molecule has 3 rings (SSSR count).